The van der Waals surface area contributed by atoms with Crippen molar-refractivity contribution in [3.63, 3.8) is 0 Å². The Hall–Kier alpha value is -3.65. The Kier molecular flexibility index (Phi) is 6.51. The van der Waals surface area contributed by atoms with E-state index in [4.69, 9.17) is 15.6 Å². The smallest absolute Gasteiger partial charge is 0.255 e. The number of amides is 2. The maximum Gasteiger partial charge on any atom is 0.255 e. The van der Waals surface area contributed by atoms with Gasteiger partial charge in [-0.2, -0.15) is 5.10 Å². The SMILES string of the molecule is COc1ccc(-c2nn(-c3ccccc3)cc2C(=O)NC2CCN(CC(N)=O)CC2)cc1. The Balaban J connectivity index is 1.56. The number of carbonyl (C=O) groups excluding carboxylic acids is 2. The molecule has 1 aliphatic rings. The number of nitrogens with zero attached hydrogens (tertiary/aromatic N) is 3. The van der Waals surface area contributed by atoms with Crippen molar-refractivity contribution in [2.45, 2.75) is 18.9 Å². The summed E-state index contributed by atoms with van der Waals surface area (Å²) in [7, 11) is 1.62. The van der Waals surface area contributed by atoms with Crippen molar-refractivity contribution in [3.05, 3.63) is 66.4 Å². The second-order valence-corrected chi connectivity index (χ2v) is 7.89. The first-order chi connectivity index (χ1) is 15.5. The minimum absolute atomic E-state index is 0.0374. The molecule has 1 fully saturated rings. The number of nitrogens with one attached hydrogen (secondary N) is 1. The van der Waals surface area contributed by atoms with Gasteiger partial charge in [-0.3, -0.25) is 14.5 Å². The molecular weight excluding hydrogens is 406 g/mol. The zero-order chi connectivity index (χ0) is 22.5. The number of hydrogen-bond acceptors (Lipinski definition) is 5. The van der Waals surface area contributed by atoms with E-state index in [2.05, 4.69) is 5.32 Å². The first-order valence-corrected chi connectivity index (χ1v) is 10.6. The molecule has 4 rings (SSSR count). The minimum atomic E-state index is -0.329. The van der Waals surface area contributed by atoms with Gasteiger partial charge in [-0.05, 0) is 49.2 Å². The van der Waals surface area contributed by atoms with Crippen LogP contribution in [-0.2, 0) is 4.79 Å². The molecule has 32 heavy (non-hydrogen) atoms. The highest BCUT2D eigenvalue weighted by atomic mass is 16.5. The summed E-state index contributed by atoms with van der Waals surface area (Å²) in [5.41, 5.74) is 8.12. The first kappa shape index (κ1) is 21.6. The molecule has 3 aromatic rings. The summed E-state index contributed by atoms with van der Waals surface area (Å²) in [6.07, 6.45) is 3.31. The van der Waals surface area contributed by atoms with Gasteiger partial charge in [0.05, 0.1) is 24.9 Å². The van der Waals surface area contributed by atoms with Crippen molar-refractivity contribution >= 4 is 11.8 Å². The molecule has 0 aliphatic carbocycles. The Morgan fingerprint density at radius 1 is 1.09 bits per heavy atom. The normalized spacial score (nSPS) is 14.8. The number of hydrogen-bond donors (Lipinski definition) is 2. The van der Waals surface area contributed by atoms with Crippen molar-refractivity contribution in [2.75, 3.05) is 26.7 Å². The van der Waals surface area contributed by atoms with E-state index in [0.29, 0.717) is 11.3 Å². The van der Waals surface area contributed by atoms with Gasteiger partial charge in [-0.25, -0.2) is 4.68 Å². The predicted octanol–water partition coefficient (Wildman–Crippen LogP) is 2.23. The standard InChI is InChI=1S/C24H27N5O3/c1-32-20-9-7-17(8-10-20)23-21(15-29(27-23)19-5-3-2-4-6-19)24(31)26-18-11-13-28(14-12-18)16-22(25)30/h2-10,15,18H,11-14,16H2,1H3,(H2,25,30)(H,26,31). The van der Waals surface area contributed by atoms with E-state index in [9.17, 15) is 9.59 Å². The maximum atomic E-state index is 13.3. The topological polar surface area (TPSA) is 102 Å². The van der Waals surface area contributed by atoms with Crippen LogP contribution in [0.3, 0.4) is 0 Å². The lowest BCUT2D eigenvalue weighted by molar-refractivity contribution is -0.119. The van der Waals surface area contributed by atoms with Gasteiger partial charge >= 0.3 is 0 Å². The number of piperidine rings is 1. The molecule has 0 spiro atoms. The van der Waals surface area contributed by atoms with E-state index < -0.39 is 0 Å². The first-order valence-electron chi connectivity index (χ1n) is 10.6. The number of ether oxygens (including phenoxy) is 1. The van der Waals surface area contributed by atoms with Crippen LogP contribution in [0.25, 0.3) is 16.9 Å². The molecule has 2 amide bonds. The molecular formula is C24H27N5O3. The van der Waals surface area contributed by atoms with Gasteiger partial charge < -0.3 is 15.8 Å². The van der Waals surface area contributed by atoms with Gasteiger partial charge in [0.2, 0.25) is 5.91 Å². The van der Waals surface area contributed by atoms with Crippen LogP contribution in [0.4, 0.5) is 0 Å². The lowest BCUT2D eigenvalue weighted by Crippen LogP contribution is -2.46. The fourth-order valence-electron chi connectivity index (χ4n) is 3.93. The summed E-state index contributed by atoms with van der Waals surface area (Å²) in [4.78, 5) is 26.4. The molecule has 0 unspecified atom stereocenters. The predicted molar refractivity (Wildman–Crippen MR) is 122 cm³/mol. The zero-order valence-corrected chi connectivity index (χ0v) is 18.0. The van der Waals surface area contributed by atoms with Crippen LogP contribution < -0.4 is 15.8 Å². The van der Waals surface area contributed by atoms with Crippen LogP contribution in [0.2, 0.25) is 0 Å². The van der Waals surface area contributed by atoms with Crippen LogP contribution in [-0.4, -0.2) is 59.3 Å². The van der Waals surface area contributed by atoms with Crippen molar-refractivity contribution in [2.24, 2.45) is 5.73 Å². The van der Waals surface area contributed by atoms with Crippen LogP contribution in [0.5, 0.6) is 5.75 Å². The number of primary amides is 1. The van der Waals surface area contributed by atoms with Crippen LogP contribution in [0, 0.1) is 0 Å². The number of likely N-dealkylation sites (tertiary alicyclic amines) is 1. The van der Waals surface area contributed by atoms with Crippen LogP contribution in [0.1, 0.15) is 23.2 Å². The highest BCUT2D eigenvalue weighted by molar-refractivity contribution is 6.00. The molecule has 166 valence electrons. The summed E-state index contributed by atoms with van der Waals surface area (Å²) in [6, 6.07) is 17.2. The number of aromatic nitrogens is 2. The second kappa shape index (κ2) is 9.65. The largest absolute Gasteiger partial charge is 0.497 e. The van der Waals surface area contributed by atoms with Crippen LogP contribution >= 0.6 is 0 Å². The van der Waals surface area contributed by atoms with Gasteiger partial charge in [0.15, 0.2) is 0 Å². The molecule has 2 heterocycles. The number of para-hydroxylation sites is 1. The van der Waals surface area contributed by atoms with Crippen molar-refractivity contribution in [3.8, 4) is 22.7 Å². The summed E-state index contributed by atoms with van der Waals surface area (Å²) < 4.78 is 6.98. The summed E-state index contributed by atoms with van der Waals surface area (Å²) >= 11 is 0. The highest BCUT2D eigenvalue weighted by Gasteiger charge is 2.25. The molecule has 3 N–H and O–H groups in total. The van der Waals surface area contributed by atoms with E-state index >= 15 is 0 Å². The lowest BCUT2D eigenvalue weighted by Gasteiger charge is -2.31. The quantitative estimate of drug-likeness (QED) is 0.595. The van der Waals surface area contributed by atoms with E-state index in [1.165, 1.54) is 0 Å². The summed E-state index contributed by atoms with van der Waals surface area (Å²) in [5.74, 6) is 0.251. The molecule has 0 radical (unpaired) electrons. The van der Waals surface area contributed by atoms with Gasteiger partial charge in [-0.15, -0.1) is 0 Å². The number of benzene rings is 2. The Bertz CT molecular complexity index is 1070. The number of carbonyl (C=O) groups is 2. The summed E-state index contributed by atoms with van der Waals surface area (Å²) in [5, 5.41) is 7.87. The Labute approximate surface area is 187 Å². The third-order valence-electron chi connectivity index (χ3n) is 5.65. The van der Waals surface area contributed by atoms with Gasteiger partial charge in [0.25, 0.3) is 5.91 Å². The Morgan fingerprint density at radius 3 is 2.41 bits per heavy atom. The fourth-order valence-corrected chi connectivity index (χ4v) is 3.93. The molecule has 8 nitrogen and oxygen atoms in total. The molecule has 1 aliphatic heterocycles. The molecule has 0 bridgehead atoms. The van der Waals surface area contributed by atoms with E-state index in [1.807, 2.05) is 59.5 Å². The van der Waals surface area contributed by atoms with Gasteiger partial charge in [-0.1, -0.05) is 18.2 Å². The molecule has 0 saturated carbocycles. The fraction of sp³-hybridized carbons (Fsp3) is 0.292. The third-order valence-corrected chi connectivity index (χ3v) is 5.65. The highest BCUT2D eigenvalue weighted by Crippen LogP contribution is 2.26. The zero-order valence-electron chi connectivity index (χ0n) is 18.0. The van der Waals surface area contributed by atoms with E-state index in [0.717, 1.165) is 42.9 Å². The second-order valence-electron chi connectivity index (χ2n) is 7.89. The molecule has 1 aromatic heterocycles. The molecule has 2 aromatic carbocycles. The third kappa shape index (κ3) is 4.97. The molecule has 1 saturated heterocycles. The van der Waals surface area contributed by atoms with E-state index in [1.54, 1.807) is 18.0 Å². The average Bonchev–Trinajstić information content (AvgIpc) is 3.26. The average molecular weight is 434 g/mol. The minimum Gasteiger partial charge on any atom is -0.497 e. The monoisotopic (exact) mass is 433 g/mol. The van der Waals surface area contributed by atoms with Crippen LogP contribution in [0.15, 0.2) is 60.8 Å². The number of nitrogens with two attached hydrogens (primary N) is 1. The van der Waals surface area contributed by atoms with Gasteiger partial charge in [0.1, 0.15) is 11.4 Å². The number of rotatable bonds is 7. The molecule has 8 heteroatoms. The van der Waals surface area contributed by atoms with Gasteiger partial charge in [0, 0.05) is 30.9 Å². The van der Waals surface area contributed by atoms with Crippen molar-refractivity contribution < 1.29 is 14.3 Å². The Morgan fingerprint density at radius 2 is 1.78 bits per heavy atom. The maximum absolute atomic E-state index is 13.3. The summed E-state index contributed by atoms with van der Waals surface area (Å²) in [6.45, 7) is 1.71. The number of methoxy groups -OCH3 is 1. The lowest BCUT2D eigenvalue weighted by atomic mass is 10.0. The van der Waals surface area contributed by atoms with Crippen molar-refractivity contribution in [1.82, 2.24) is 20.0 Å². The van der Waals surface area contributed by atoms with Crippen molar-refractivity contribution in [1.29, 1.82) is 0 Å². The molecule has 0 atom stereocenters. The van der Waals surface area contributed by atoms with E-state index in [-0.39, 0.29) is 24.4 Å².